The van der Waals surface area contributed by atoms with Gasteiger partial charge in [0.25, 0.3) is 0 Å². The lowest BCUT2D eigenvalue weighted by atomic mass is 10.2. The molecular formula is C17H35IN4O2S. The third kappa shape index (κ3) is 8.70. The van der Waals surface area contributed by atoms with Crippen molar-refractivity contribution in [2.24, 2.45) is 10.9 Å². The van der Waals surface area contributed by atoms with E-state index in [0.717, 1.165) is 32.0 Å². The Kier molecular flexibility index (Phi) is 11.2. The minimum atomic E-state index is -0.894. The Bertz CT molecular complexity index is 478. The molecule has 1 aliphatic heterocycles. The van der Waals surface area contributed by atoms with Gasteiger partial charge in [0, 0.05) is 52.9 Å². The van der Waals surface area contributed by atoms with Crippen molar-refractivity contribution in [2.45, 2.75) is 58.8 Å². The van der Waals surface area contributed by atoms with Crippen LogP contribution in [0.4, 0.5) is 0 Å². The lowest BCUT2D eigenvalue weighted by Crippen LogP contribution is -2.45. The molecule has 1 fully saturated rings. The zero-order valence-electron chi connectivity index (χ0n) is 16.4. The molecule has 25 heavy (non-hydrogen) atoms. The molecule has 0 saturated carbocycles. The number of nitrogens with one attached hydrogen (secondary N) is 2. The summed E-state index contributed by atoms with van der Waals surface area (Å²) >= 11 is 0. The Morgan fingerprint density at radius 2 is 2.00 bits per heavy atom. The van der Waals surface area contributed by atoms with Gasteiger partial charge in [-0.1, -0.05) is 13.8 Å². The molecule has 1 rings (SSSR count). The third-order valence-corrected chi connectivity index (χ3v) is 5.83. The Labute approximate surface area is 172 Å². The van der Waals surface area contributed by atoms with Gasteiger partial charge < -0.3 is 15.5 Å². The number of likely N-dealkylation sites (tertiary alicyclic amines) is 1. The first-order valence-corrected chi connectivity index (χ1v) is 10.2. The first-order valence-electron chi connectivity index (χ1n) is 8.87. The number of guanidine groups is 1. The molecule has 2 atom stereocenters. The first kappa shape index (κ1) is 24.6. The Morgan fingerprint density at radius 3 is 2.52 bits per heavy atom. The number of aliphatic imine (C=N–C) groups is 1. The maximum Gasteiger partial charge on any atom is 0.225 e. The fourth-order valence-corrected chi connectivity index (χ4v) is 3.37. The van der Waals surface area contributed by atoms with E-state index in [0.29, 0.717) is 12.3 Å². The maximum atomic E-state index is 12.1. The van der Waals surface area contributed by atoms with E-state index in [9.17, 15) is 9.00 Å². The lowest BCUT2D eigenvalue weighted by Gasteiger charge is -2.20. The number of hydrogen-bond donors (Lipinski definition) is 2. The van der Waals surface area contributed by atoms with Crippen molar-refractivity contribution < 1.29 is 9.00 Å². The summed E-state index contributed by atoms with van der Waals surface area (Å²) in [5.41, 5.74) is 0. The standard InChI is InChI=1S/C17H34N4O2S.HI/c1-7-18-16(19-9-11-24(23)17(4,5)6)20-14-8-10-21(12-14)15(22)13(2)3;/h13-14H,7-12H2,1-6H3,(H2,18,19,20);1H. The summed E-state index contributed by atoms with van der Waals surface area (Å²) in [6.45, 7) is 14.6. The van der Waals surface area contributed by atoms with Gasteiger partial charge in [-0.05, 0) is 34.1 Å². The molecule has 0 spiro atoms. The summed E-state index contributed by atoms with van der Waals surface area (Å²) in [5, 5.41) is 6.62. The van der Waals surface area contributed by atoms with Crippen molar-refractivity contribution in [1.82, 2.24) is 15.5 Å². The number of carbonyl (C=O) groups excluding carboxylic acids is 1. The van der Waals surface area contributed by atoms with Crippen molar-refractivity contribution in [3.05, 3.63) is 0 Å². The van der Waals surface area contributed by atoms with E-state index in [1.807, 2.05) is 46.4 Å². The molecule has 148 valence electrons. The van der Waals surface area contributed by atoms with Gasteiger partial charge in [-0.25, -0.2) is 0 Å². The van der Waals surface area contributed by atoms with Crippen LogP contribution in [0.2, 0.25) is 0 Å². The van der Waals surface area contributed by atoms with Crippen LogP contribution < -0.4 is 10.6 Å². The zero-order valence-corrected chi connectivity index (χ0v) is 19.6. The molecule has 1 heterocycles. The van der Waals surface area contributed by atoms with Crippen LogP contribution in [-0.2, 0) is 15.6 Å². The van der Waals surface area contributed by atoms with E-state index in [4.69, 9.17) is 0 Å². The van der Waals surface area contributed by atoms with Crippen molar-refractivity contribution in [3.8, 4) is 0 Å². The van der Waals surface area contributed by atoms with Crippen LogP contribution >= 0.6 is 24.0 Å². The normalized spacial score (nSPS) is 19.6. The fourth-order valence-electron chi connectivity index (χ4n) is 2.50. The topological polar surface area (TPSA) is 73.8 Å². The van der Waals surface area contributed by atoms with Crippen LogP contribution in [-0.4, -0.2) is 63.7 Å². The van der Waals surface area contributed by atoms with E-state index >= 15 is 0 Å². The average molecular weight is 486 g/mol. The van der Waals surface area contributed by atoms with Crippen LogP contribution in [0.1, 0.15) is 48.0 Å². The number of rotatable bonds is 6. The molecule has 1 aliphatic rings. The van der Waals surface area contributed by atoms with Crippen molar-refractivity contribution >= 4 is 46.6 Å². The van der Waals surface area contributed by atoms with Gasteiger partial charge in [-0.3, -0.25) is 14.0 Å². The van der Waals surface area contributed by atoms with Crippen LogP contribution in [0.5, 0.6) is 0 Å². The second-order valence-electron chi connectivity index (χ2n) is 7.49. The van der Waals surface area contributed by atoms with Gasteiger partial charge in [-0.15, -0.1) is 24.0 Å². The summed E-state index contributed by atoms with van der Waals surface area (Å²) in [5.74, 6) is 1.55. The van der Waals surface area contributed by atoms with Crippen LogP contribution in [0.3, 0.4) is 0 Å². The average Bonchev–Trinajstić information content (AvgIpc) is 2.93. The molecule has 0 aliphatic carbocycles. The molecule has 0 radical (unpaired) electrons. The molecule has 0 bridgehead atoms. The summed E-state index contributed by atoms with van der Waals surface area (Å²) in [6, 6.07) is 0.221. The smallest absolute Gasteiger partial charge is 0.225 e. The number of nitrogens with zero attached hydrogens (tertiary/aromatic N) is 2. The summed E-state index contributed by atoms with van der Waals surface area (Å²) < 4.78 is 11.9. The molecule has 8 heteroatoms. The van der Waals surface area contributed by atoms with Gasteiger partial charge in [0.15, 0.2) is 5.96 Å². The largest absolute Gasteiger partial charge is 0.357 e. The van der Waals surface area contributed by atoms with Gasteiger partial charge >= 0.3 is 0 Å². The van der Waals surface area contributed by atoms with Crippen LogP contribution in [0.15, 0.2) is 4.99 Å². The van der Waals surface area contributed by atoms with Crippen molar-refractivity contribution in [2.75, 3.05) is 31.9 Å². The Morgan fingerprint density at radius 1 is 1.36 bits per heavy atom. The van der Waals surface area contributed by atoms with Crippen LogP contribution in [0, 0.1) is 5.92 Å². The highest BCUT2D eigenvalue weighted by molar-refractivity contribution is 14.0. The van der Waals surface area contributed by atoms with Gasteiger partial charge in [0.2, 0.25) is 5.91 Å². The summed E-state index contributed by atoms with van der Waals surface area (Å²) in [7, 11) is -0.894. The fraction of sp³-hybridized carbons (Fsp3) is 0.882. The molecule has 1 saturated heterocycles. The quantitative estimate of drug-likeness (QED) is 0.342. The zero-order chi connectivity index (χ0) is 18.3. The predicted molar refractivity (Wildman–Crippen MR) is 117 cm³/mol. The maximum absolute atomic E-state index is 12.1. The second kappa shape index (κ2) is 11.4. The highest BCUT2D eigenvalue weighted by Gasteiger charge is 2.28. The Hall–Kier alpha value is -0.380. The molecule has 6 nitrogen and oxygen atoms in total. The number of halogens is 1. The molecule has 2 N–H and O–H groups in total. The lowest BCUT2D eigenvalue weighted by molar-refractivity contribution is -0.133. The number of amides is 1. The second-order valence-corrected chi connectivity index (χ2v) is 9.82. The van der Waals surface area contributed by atoms with E-state index < -0.39 is 10.8 Å². The molecule has 0 aromatic carbocycles. The highest BCUT2D eigenvalue weighted by Crippen LogP contribution is 2.13. The van der Waals surface area contributed by atoms with Gasteiger partial charge in [0.1, 0.15) is 0 Å². The third-order valence-electron chi connectivity index (χ3n) is 3.91. The SMILES string of the molecule is CCNC(=NCCS(=O)C(C)(C)C)NC1CCN(C(=O)C(C)C)C1.I. The van der Waals surface area contributed by atoms with E-state index in [-0.39, 0.29) is 46.6 Å². The molecule has 1 amide bonds. The monoisotopic (exact) mass is 486 g/mol. The summed E-state index contributed by atoms with van der Waals surface area (Å²) in [4.78, 5) is 18.5. The molecule has 0 aromatic rings. The minimum Gasteiger partial charge on any atom is -0.357 e. The highest BCUT2D eigenvalue weighted by atomic mass is 127. The van der Waals surface area contributed by atoms with Crippen molar-refractivity contribution in [3.63, 3.8) is 0 Å². The first-order chi connectivity index (χ1) is 11.1. The number of carbonyl (C=O) groups is 1. The van der Waals surface area contributed by atoms with Gasteiger partial charge in [-0.2, -0.15) is 0 Å². The van der Waals surface area contributed by atoms with E-state index in [2.05, 4.69) is 15.6 Å². The minimum absolute atomic E-state index is 0. The van der Waals surface area contributed by atoms with Gasteiger partial charge in [0.05, 0.1) is 6.54 Å². The predicted octanol–water partition coefficient (Wildman–Crippen LogP) is 1.96. The van der Waals surface area contributed by atoms with Crippen molar-refractivity contribution in [1.29, 1.82) is 0 Å². The number of hydrogen-bond acceptors (Lipinski definition) is 3. The molecule has 0 aromatic heterocycles. The molecule has 2 unspecified atom stereocenters. The van der Waals surface area contributed by atoms with E-state index in [1.165, 1.54) is 0 Å². The Balaban J connectivity index is 0.00000576. The summed E-state index contributed by atoms with van der Waals surface area (Å²) in [6.07, 6.45) is 0.927. The van der Waals surface area contributed by atoms with Crippen LogP contribution in [0.25, 0.3) is 0 Å². The molecular weight excluding hydrogens is 451 g/mol. The van der Waals surface area contributed by atoms with E-state index in [1.54, 1.807) is 0 Å².